The topological polar surface area (TPSA) is 46.2 Å². The molecule has 2 atom stereocenters. The van der Waals surface area contributed by atoms with Crippen LogP contribution in [0.2, 0.25) is 32.2 Å². The molecular formula is C13H32O5Si4. The number of rotatable bonds is 5. The summed E-state index contributed by atoms with van der Waals surface area (Å²) in [5.74, 6) is 0. The maximum Gasteiger partial charge on any atom is 0.317 e. The Balaban J connectivity index is 1.73. The molecule has 1 heterocycles. The van der Waals surface area contributed by atoms with E-state index in [2.05, 4.69) is 26.2 Å². The van der Waals surface area contributed by atoms with Gasteiger partial charge in [-0.2, -0.15) is 0 Å². The average Bonchev–Trinajstić information content (AvgIpc) is 2.42. The van der Waals surface area contributed by atoms with Crippen molar-refractivity contribution in [2.45, 2.75) is 76.9 Å². The van der Waals surface area contributed by atoms with Crippen LogP contribution in [0.5, 0.6) is 0 Å². The molecule has 0 aromatic carbocycles. The van der Waals surface area contributed by atoms with Crippen molar-refractivity contribution in [3.05, 3.63) is 0 Å². The molecule has 22 heavy (non-hydrogen) atoms. The molecule has 1 aliphatic heterocycles. The minimum absolute atomic E-state index is 0.488. The van der Waals surface area contributed by atoms with Crippen LogP contribution >= 0.6 is 0 Å². The third-order valence-electron chi connectivity index (χ3n) is 4.28. The molecule has 0 aromatic heterocycles. The molecule has 2 unspecified atom stereocenters. The Bertz CT molecular complexity index is 316. The summed E-state index contributed by atoms with van der Waals surface area (Å²) < 4.78 is 30.5. The first kappa shape index (κ1) is 19.0. The van der Waals surface area contributed by atoms with E-state index in [-0.39, 0.29) is 0 Å². The SMILES string of the molecule is C[SiH]1O[SiH](C)O[Si](C)(CCCOC2CCCCC2)O[SiH](C)O1. The van der Waals surface area contributed by atoms with Crippen LogP contribution in [0.25, 0.3) is 0 Å². The molecule has 0 spiro atoms. The minimum Gasteiger partial charge on any atom is -0.420 e. The van der Waals surface area contributed by atoms with Gasteiger partial charge in [0.2, 0.25) is 0 Å². The first-order valence-corrected chi connectivity index (χ1v) is 17.6. The zero-order valence-electron chi connectivity index (χ0n) is 14.5. The molecule has 1 aliphatic carbocycles. The molecule has 9 heteroatoms. The molecule has 0 radical (unpaired) electrons. The Morgan fingerprint density at radius 1 is 0.955 bits per heavy atom. The number of ether oxygens (including phenoxy) is 1. The summed E-state index contributed by atoms with van der Waals surface area (Å²) in [4.78, 5) is 0. The van der Waals surface area contributed by atoms with E-state index in [1.807, 2.05) is 0 Å². The lowest BCUT2D eigenvalue weighted by Gasteiger charge is -2.37. The van der Waals surface area contributed by atoms with Crippen molar-refractivity contribution in [3.8, 4) is 0 Å². The van der Waals surface area contributed by atoms with Crippen LogP contribution in [0.15, 0.2) is 0 Å². The lowest BCUT2D eigenvalue weighted by Crippen LogP contribution is -2.53. The quantitative estimate of drug-likeness (QED) is 0.541. The predicted octanol–water partition coefficient (Wildman–Crippen LogP) is 2.43. The lowest BCUT2D eigenvalue weighted by molar-refractivity contribution is 0.0282. The second-order valence-electron chi connectivity index (χ2n) is 6.58. The lowest BCUT2D eigenvalue weighted by atomic mass is 9.98. The van der Waals surface area contributed by atoms with E-state index in [0.29, 0.717) is 6.10 Å². The molecule has 0 aromatic rings. The molecular weight excluding hydrogens is 348 g/mol. The fourth-order valence-electron chi connectivity index (χ4n) is 3.35. The van der Waals surface area contributed by atoms with Crippen LogP contribution in [0.3, 0.4) is 0 Å². The number of hydrogen-bond acceptors (Lipinski definition) is 5. The molecule has 1 saturated heterocycles. The molecule has 0 bridgehead atoms. The molecule has 2 aliphatic rings. The average molecular weight is 381 g/mol. The van der Waals surface area contributed by atoms with Crippen molar-refractivity contribution in [3.63, 3.8) is 0 Å². The summed E-state index contributed by atoms with van der Waals surface area (Å²) in [5.41, 5.74) is 0. The van der Waals surface area contributed by atoms with Gasteiger partial charge in [-0.25, -0.2) is 0 Å². The zero-order chi connectivity index (χ0) is 16.0. The highest BCUT2D eigenvalue weighted by Gasteiger charge is 2.39. The van der Waals surface area contributed by atoms with E-state index < -0.39 is 36.4 Å². The predicted molar refractivity (Wildman–Crippen MR) is 97.2 cm³/mol. The van der Waals surface area contributed by atoms with Crippen molar-refractivity contribution in [1.82, 2.24) is 0 Å². The maximum absolute atomic E-state index is 6.28. The van der Waals surface area contributed by atoms with Crippen molar-refractivity contribution >= 4 is 36.4 Å². The van der Waals surface area contributed by atoms with Gasteiger partial charge in [0.25, 0.3) is 27.9 Å². The molecule has 1 saturated carbocycles. The molecule has 0 N–H and O–H groups in total. The Kier molecular flexibility index (Phi) is 7.97. The van der Waals surface area contributed by atoms with Gasteiger partial charge in [0, 0.05) is 6.61 Å². The zero-order valence-corrected chi connectivity index (χ0v) is 19.0. The minimum atomic E-state index is -2.15. The maximum atomic E-state index is 6.28. The highest BCUT2D eigenvalue weighted by molar-refractivity contribution is 6.81. The normalized spacial score (nSPS) is 38.5. The number of hydrogen-bond donors (Lipinski definition) is 0. The van der Waals surface area contributed by atoms with Crippen LogP contribution in [0.4, 0.5) is 0 Å². The van der Waals surface area contributed by atoms with E-state index in [9.17, 15) is 0 Å². The van der Waals surface area contributed by atoms with Gasteiger partial charge < -0.3 is 21.2 Å². The third-order valence-corrected chi connectivity index (χ3v) is 18.3. The Morgan fingerprint density at radius 3 is 2.14 bits per heavy atom. The van der Waals surface area contributed by atoms with Crippen LogP contribution < -0.4 is 0 Å². The largest absolute Gasteiger partial charge is 0.420 e. The van der Waals surface area contributed by atoms with E-state index in [1.165, 1.54) is 32.1 Å². The van der Waals surface area contributed by atoms with Crippen LogP contribution in [-0.4, -0.2) is 49.1 Å². The van der Waals surface area contributed by atoms with Crippen LogP contribution in [0, 0.1) is 0 Å². The van der Waals surface area contributed by atoms with Gasteiger partial charge in [-0.1, -0.05) is 19.3 Å². The summed E-state index contributed by atoms with van der Waals surface area (Å²) >= 11 is 0. The van der Waals surface area contributed by atoms with E-state index in [4.69, 9.17) is 21.2 Å². The highest BCUT2D eigenvalue weighted by atomic mass is 28.5. The van der Waals surface area contributed by atoms with E-state index in [0.717, 1.165) is 19.1 Å². The Hall–Kier alpha value is 0.668. The van der Waals surface area contributed by atoms with Gasteiger partial charge in [0.15, 0.2) is 0 Å². The van der Waals surface area contributed by atoms with Gasteiger partial charge >= 0.3 is 8.56 Å². The summed E-state index contributed by atoms with van der Waals surface area (Å²) in [6.07, 6.45) is 8.01. The Labute approximate surface area is 141 Å². The molecule has 2 rings (SSSR count). The Morgan fingerprint density at radius 2 is 1.55 bits per heavy atom. The van der Waals surface area contributed by atoms with Crippen molar-refractivity contribution in [1.29, 1.82) is 0 Å². The van der Waals surface area contributed by atoms with Gasteiger partial charge in [-0.05, 0) is 51.5 Å². The van der Waals surface area contributed by atoms with Crippen molar-refractivity contribution in [2.75, 3.05) is 6.61 Å². The summed E-state index contributed by atoms with van der Waals surface area (Å²) in [6.45, 7) is 9.26. The standard InChI is InChI=1S/C13H32O5Si4/c1-19-15-20(2)17-22(4,18-21(3)16-19)12-8-11-14-13-9-6-5-7-10-13/h13,19-21H,5-12H2,1-4H3. The fourth-order valence-corrected chi connectivity index (χ4v) is 18.0. The first-order valence-electron chi connectivity index (χ1n) is 8.75. The third kappa shape index (κ3) is 6.65. The van der Waals surface area contributed by atoms with E-state index in [1.54, 1.807) is 0 Å². The molecule has 5 nitrogen and oxygen atoms in total. The fraction of sp³-hybridized carbons (Fsp3) is 1.00. The van der Waals surface area contributed by atoms with Crippen LogP contribution in [-0.2, 0) is 21.2 Å². The van der Waals surface area contributed by atoms with Crippen molar-refractivity contribution < 1.29 is 21.2 Å². The second kappa shape index (κ2) is 9.23. The molecule has 0 amide bonds. The summed E-state index contributed by atoms with van der Waals surface area (Å²) in [6, 6.07) is 0.983. The van der Waals surface area contributed by atoms with Gasteiger partial charge in [0.05, 0.1) is 6.10 Å². The van der Waals surface area contributed by atoms with E-state index >= 15 is 0 Å². The smallest absolute Gasteiger partial charge is 0.317 e. The van der Waals surface area contributed by atoms with Crippen molar-refractivity contribution in [2.24, 2.45) is 0 Å². The summed E-state index contributed by atoms with van der Waals surface area (Å²) in [7, 11) is -6.88. The van der Waals surface area contributed by atoms with Gasteiger partial charge in [-0.3, -0.25) is 0 Å². The first-order chi connectivity index (χ1) is 10.5. The van der Waals surface area contributed by atoms with Gasteiger partial charge in [-0.15, -0.1) is 0 Å². The molecule has 130 valence electrons. The highest BCUT2D eigenvalue weighted by Crippen LogP contribution is 2.23. The summed E-state index contributed by atoms with van der Waals surface area (Å²) in [5, 5.41) is 0. The monoisotopic (exact) mass is 380 g/mol. The molecule has 2 fully saturated rings. The second-order valence-corrected chi connectivity index (χ2v) is 16.8. The van der Waals surface area contributed by atoms with Gasteiger partial charge in [0.1, 0.15) is 0 Å². The van der Waals surface area contributed by atoms with Crippen LogP contribution in [0.1, 0.15) is 38.5 Å².